The van der Waals surface area contributed by atoms with Gasteiger partial charge in [0.25, 0.3) is 0 Å². The van der Waals surface area contributed by atoms with Crippen LogP contribution in [0.2, 0.25) is 0 Å². The molecule has 3 heterocycles. The molecule has 5 nitrogen and oxygen atoms in total. The lowest BCUT2D eigenvalue weighted by Gasteiger charge is -2.23. The molecule has 118 valence electrons. The van der Waals surface area contributed by atoms with E-state index in [1.54, 1.807) is 0 Å². The first kappa shape index (κ1) is 15.2. The van der Waals surface area contributed by atoms with E-state index in [0.29, 0.717) is 5.92 Å². The zero-order chi connectivity index (χ0) is 15.6. The van der Waals surface area contributed by atoms with Crippen LogP contribution in [-0.4, -0.2) is 34.6 Å². The zero-order valence-corrected chi connectivity index (χ0v) is 13.7. The zero-order valence-electron chi connectivity index (χ0n) is 13.7. The number of hydrogen-bond donors (Lipinski definition) is 2. The maximum atomic E-state index is 4.68. The second kappa shape index (κ2) is 6.16. The lowest BCUT2D eigenvalue weighted by Crippen LogP contribution is -2.31. The fourth-order valence-corrected chi connectivity index (χ4v) is 2.74. The van der Waals surface area contributed by atoms with E-state index in [4.69, 9.17) is 0 Å². The van der Waals surface area contributed by atoms with Gasteiger partial charge in [-0.2, -0.15) is 0 Å². The summed E-state index contributed by atoms with van der Waals surface area (Å²) in [6.45, 7) is 9.68. The van der Waals surface area contributed by atoms with E-state index >= 15 is 0 Å². The summed E-state index contributed by atoms with van der Waals surface area (Å²) in [7, 11) is 0. The van der Waals surface area contributed by atoms with Crippen LogP contribution < -0.4 is 10.6 Å². The molecule has 1 saturated heterocycles. The number of piperidine rings is 1. The van der Waals surface area contributed by atoms with E-state index in [-0.39, 0.29) is 5.41 Å². The fourth-order valence-electron chi connectivity index (χ4n) is 2.74. The van der Waals surface area contributed by atoms with Gasteiger partial charge in [-0.15, -0.1) is 0 Å². The molecule has 2 aromatic heterocycles. The van der Waals surface area contributed by atoms with Crippen molar-refractivity contribution in [3.63, 3.8) is 0 Å². The van der Waals surface area contributed by atoms with Gasteiger partial charge in [0, 0.05) is 17.7 Å². The minimum atomic E-state index is 0.0222. The lowest BCUT2D eigenvalue weighted by atomic mass is 9.92. The fraction of sp³-hybridized carbons (Fsp3) is 0.588. The van der Waals surface area contributed by atoms with Gasteiger partial charge in [-0.25, -0.2) is 15.0 Å². The van der Waals surface area contributed by atoms with Crippen molar-refractivity contribution in [3.05, 3.63) is 24.0 Å². The van der Waals surface area contributed by atoms with Crippen molar-refractivity contribution in [1.82, 2.24) is 20.3 Å². The summed E-state index contributed by atoms with van der Waals surface area (Å²) in [4.78, 5) is 13.8. The van der Waals surface area contributed by atoms with Gasteiger partial charge in [0.2, 0.25) is 0 Å². The Hall–Kier alpha value is -1.75. The molecule has 0 bridgehead atoms. The Bertz CT molecular complexity index is 641. The molecule has 0 radical (unpaired) electrons. The Balaban J connectivity index is 1.76. The first-order chi connectivity index (χ1) is 10.5. The molecule has 0 spiro atoms. The maximum absolute atomic E-state index is 4.68. The predicted octanol–water partition coefficient (Wildman–Crippen LogP) is 2.73. The smallest absolute Gasteiger partial charge is 0.180 e. The van der Waals surface area contributed by atoms with E-state index in [9.17, 15) is 0 Å². The first-order valence-electron chi connectivity index (χ1n) is 8.11. The van der Waals surface area contributed by atoms with Crippen LogP contribution in [-0.2, 0) is 5.41 Å². The van der Waals surface area contributed by atoms with E-state index in [1.807, 2.05) is 18.3 Å². The van der Waals surface area contributed by atoms with Crippen LogP contribution in [0, 0.1) is 5.92 Å². The molecular formula is C17H25N5. The van der Waals surface area contributed by atoms with Crippen LogP contribution in [0.5, 0.6) is 0 Å². The number of fused-ring (bicyclic) bond motifs is 1. The molecule has 0 atom stereocenters. The number of nitrogens with one attached hydrogen (secondary N) is 2. The van der Waals surface area contributed by atoms with Crippen LogP contribution in [0.3, 0.4) is 0 Å². The number of anilines is 1. The summed E-state index contributed by atoms with van der Waals surface area (Å²) in [5.41, 5.74) is 2.64. The minimum absolute atomic E-state index is 0.0222. The Morgan fingerprint density at radius 1 is 1.18 bits per heavy atom. The van der Waals surface area contributed by atoms with Gasteiger partial charge in [0.15, 0.2) is 5.65 Å². The highest BCUT2D eigenvalue weighted by Gasteiger charge is 2.17. The number of hydrogen-bond acceptors (Lipinski definition) is 5. The molecule has 2 N–H and O–H groups in total. The highest BCUT2D eigenvalue weighted by atomic mass is 15.0. The molecule has 2 aromatic rings. The van der Waals surface area contributed by atoms with Gasteiger partial charge >= 0.3 is 0 Å². The highest BCUT2D eigenvalue weighted by Crippen LogP contribution is 2.22. The monoisotopic (exact) mass is 299 g/mol. The van der Waals surface area contributed by atoms with Gasteiger partial charge in [-0.05, 0) is 44.0 Å². The van der Waals surface area contributed by atoms with Crippen molar-refractivity contribution in [2.45, 2.75) is 39.0 Å². The van der Waals surface area contributed by atoms with Crippen molar-refractivity contribution < 1.29 is 0 Å². The average molecular weight is 299 g/mol. The summed E-state index contributed by atoms with van der Waals surface area (Å²) in [5, 5.41) is 6.81. The maximum Gasteiger partial charge on any atom is 0.180 e. The minimum Gasteiger partial charge on any atom is -0.368 e. The Morgan fingerprint density at radius 2 is 1.95 bits per heavy atom. The second-order valence-electron chi connectivity index (χ2n) is 7.12. The van der Waals surface area contributed by atoms with Crippen LogP contribution in [0.15, 0.2) is 18.3 Å². The molecule has 5 heteroatoms. The summed E-state index contributed by atoms with van der Waals surface area (Å²) in [6.07, 6.45) is 4.25. The van der Waals surface area contributed by atoms with Gasteiger partial charge in [0.05, 0.1) is 6.20 Å². The van der Waals surface area contributed by atoms with Crippen LogP contribution in [0.4, 0.5) is 5.82 Å². The molecule has 1 aliphatic rings. The van der Waals surface area contributed by atoms with E-state index in [0.717, 1.165) is 42.3 Å². The molecule has 0 amide bonds. The molecule has 1 fully saturated rings. The summed E-state index contributed by atoms with van der Waals surface area (Å²) in [6, 6.07) is 4.05. The molecule has 1 aliphatic heterocycles. The Morgan fingerprint density at radius 3 is 2.68 bits per heavy atom. The number of aromatic nitrogens is 3. The van der Waals surface area contributed by atoms with Crippen LogP contribution >= 0.6 is 0 Å². The summed E-state index contributed by atoms with van der Waals surface area (Å²) < 4.78 is 0. The lowest BCUT2D eigenvalue weighted by molar-refractivity contribution is 0.389. The largest absolute Gasteiger partial charge is 0.368 e. The molecule has 3 rings (SSSR count). The van der Waals surface area contributed by atoms with Crippen LogP contribution in [0.25, 0.3) is 11.2 Å². The highest BCUT2D eigenvalue weighted by molar-refractivity contribution is 5.71. The third-order valence-corrected chi connectivity index (χ3v) is 4.21. The number of nitrogens with zero attached hydrogens (tertiary/aromatic N) is 3. The van der Waals surface area contributed by atoms with Gasteiger partial charge in [0.1, 0.15) is 11.3 Å². The third-order valence-electron chi connectivity index (χ3n) is 4.21. The molecule has 0 saturated carbocycles. The van der Waals surface area contributed by atoms with Crippen molar-refractivity contribution in [3.8, 4) is 0 Å². The van der Waals surface area contributed by atoms with Crippen molar-refractivity contribution in [1.29, 1.82) is 0 Å². The SMILES string of the molecule is CC(C)(C)c1ccc2ncc(NCC3CCNCC3)nc2n1. The van der Waals surface area contributed by atoms with E-state index in [1.165, 1.54) is 12.8 Å². The Kier molecular flexibility index (Phi) is 4.25. The topological polar surface area (TPSA) is 62.7 Å². The summed E-state index contributed by atoms with van der Waals surface area (Å²) >= 11 is 0. The predicted molar refractivity (Wildman–Crippen MR) is 90.1 cm³/mol. The van der Waals surface area contributed by atoms with Gasteiger partial charge in [-0.3, -0.25) is 0 Å². The van der Waals surface area contributed by atoms with Crippen LogP contribution in [0.1, 0.15) is 39.3 Å². The number of pyridine rings is 1. The van der Waals surface area contributed by atoms with Crippen molar-refractivity contribution in [2.24, 2.45) is 5.92 Å². The van der Waals surface area contributed by atoms with E-state index < -0.39 is 0 Å². The van der Waals surface area contributed by atoms with Crippen molar-refractivity contribution in [2.75, 3.05) is 25.0 Å². The first-order valence-corrected chi connectivity index (χ1v) is 8.11. The normalized spacial score (nSPS) is 16.9. The Labute approximate surface area is 132 Å². The number of rotatable bonds is 3. The summed E-state index contributed by atoms with van der Waals surface area (Å²) in [5.74, 6) is 1.54. The van der Waals surface area contributed by atoms with Gasteiger partial charge in [-0.1, -0.05) is 20.8 Å². The quantitative estimate of drug-likeness (QED) is 0.912. The standard InChI is InChI=1S/C17H25N5/c1-17(2,3)14-5-4-13-16(21-14)22-15(11-19-13)20-10-12-6-8-18-9-7-12/h4-5,11-12,18H,6-10H2,1-3H3,(H,20,21,22). The van der Waals surface area contributed by atoms with E-state index in [2.05, 4.69) is 46.4 Å². The second-order valence-corrected chi connectivity index (χ2v) is 7.12. The molecule has 22 heavy (non-hydrogen) atoms. The molecule has 0 unspecified atom stereocenters. The van der Waals surface area contributed by atoms with Crippen molar-refractivity contribution >= 4 is 17.0 Å². The third kappa shape index (κ3) is 3.53. The molecule has 0 aromatic carbocycles. The average Bonchev–Trinajstić information content (AvgIpc) is 2.52. The van der Waals surface area contributed by atoms with Gasteiger partial charge < -0.3 is 10.6 Å². The molecule has 0 aliphatic carbocycles. The molecular weight excluding hydrogens is 274 g/mol.